The zero-order chi connectivity index (χ0) is 10.8. The Bertz CT molecular complexity index is 484. The van der Waals surface area contributed by atoms with E-state index in [1.807, 2.05) is 19.1 Å². The van der Waals surface area contributed by atoms with Crippen LogP contribution in [0.4, 0.5) is 0 Å². The Balaban J connectivity index is 2.24. The Morgan fingerprint density at radius 3 is 2.67 bits per heavy atom. The Hall–Kier alpha value is -0.940. The summed E-state index contributed by atoms with van der Waals surface area (Å²) in [6.45, 7) is 4.07. The topological polar surface area (TPSA) is 35.0 Å². The van der Waals surface area contributed by atoms with Gasteiger partial charge in [-0.25, -0.2) is 0 Å². The van der Waals surface area contributed by atoms with Gasteiger partial charge in [-0.15, -0.1) is 5.10 Å². The number of aromatic nitrogens is 2. The highest BCUT2D eigenvalue weighted by atomic mass is 79.9. The van der Waals surface area contributed by atoms with Gasteiger partial charge in [-0.2, -0.15) is 0 Å². The number of halogens is 1. The molecule has 0 spiro atoms. The second-order valence-corrected chi connectivity index (χ2v) is 5.41. The van der Waals surface area contributed by atoms with E-state index in [9.17, 15) is 0 Å². The largest absolute Gasteiger partial charge is 0.430 e. The Morgan fingerprint density at radius 1 is 1.27 bits per heavy atom. The van der Waals surface area contributed by atoms with Gasteiger partial charge in [-0.3, -0.25) is 0 Å². The van der Waals surface area contributed by atoms with Crippen LogP contribution in [-0.4, -0.2) is 10.2 Å². The number of hydrogen-bond acceptors (Lipinski definition) is 4. The van der Waals surface area contributed by atoms with Gasteiger partial charge in [0.2, 0.25) is 0 Å². The van der Waals surface area contributed by atoms with Crippen LogP contribution in [0.3, 0.4) is 0 Å². The first-order chi connectivity index (χ1) is 7.15. The van der Waals surface area contributed by atoms with Gasteiger partial charge in [-0.1, -0.05) is 22.8 Å². The van der Waals surface area contributed by atoms with Crippen molar-refractivity contribution in [3.63, 3.8) is 0 Å². The van der Waals surface area contributed by atoms with Gasteiger partial charge >= 0.3 is 0 Å². The number of benzene rings is 1. The number of hydrogen-bond donors (Lipinski definition) is 0. The molecule has 5 heteroatoms. The van der Waals surface area contributed by atoms with Crippen molar-refractivity contribution < 1.29 is 4.74 Å². The lowest BCUT2D eigenvalue weighted by molar-refractivity contribution is 0.469. The first kappa shape index (κ1) is 10.6. The van der Waals surface area contributed by atoms with Crippen molar-refractivity contribution in [3.05, 3.63) is 33.2 Å². The minimum Gasteiger partial charge on any atom is -0.430 e. The number of nitrogens with zero attached hydrogens (tertiary/aromatic N) is 2. The van der Waals surface area contributed by atoms with Crippen molar-refractivity contribution in [1.29, 1.82) is 0 Å². The zero-order valence-corrected chi connectivity index (χ0v) is 10.7. The summed E-state index contributed by atoms with van der Waals surface area (Å²) in [5, 5.41) is 8.24. The standard InChI is InChI=1S/C10H9BrN2OS/c1-6-3-4-8(7(2)5-6)14-10-13-12-9(11)15-10/h3-5H,1-2H3. The molecule has 0 atom stereocenters. The highest BCUT2D eigenvalue weighted by molar-refractivity contribution is 9.11. The maximum Gasteiger partial charge on any atom is 0.300 e. The quantitative estimate of drug-likeness (QED) is 0.843. The number of aryl methyl sites for hydroxylation is 2. The summed E-state index contributed by atoms with van der Waals surface area (Å²) in [7, 11) is 0. The van der Waals surface area contributed by atoms with Gasteiger partial charge in [0.15, 0.2) is 3.92 Å². The third kappa shape index (κ3) is 2.54. The van der Waals surface area contributed by atoms with Crippen LogP contribution < -0.4 is 4.74 Å². The normalized spacial score (nSPS) is 10.3. The highest BCUT2D eigenvalue weighted by Gasteiger charge is 2.06. The maximum atomic E-state index is 5.60. The Kier molecular flexibility index (Phi) is 3.02. The predicted molar refractivity (Wildman–Crippen MR) is 63.6 cm³/mol. The Morgan fingerprint density at radius 2 is 2.07 bits per heavy atom. The van der Waals surface area contributed by atoms with Crippen LogP contribution in [0.5, 0.6) is 10.9 Å². The van der Waals surface area contributed by atoms with E-state index in [4.69, 9.17) is 4.74 Å². The van der Waals surface area contributed by atoms with E-state index in [1.54, 1.807) is 0 Å². The van der Waals surface area contributed by atoms with E-state index in [0.29, 0.717) is 5.19 Å². The molecule has 0 unspecified atom stereocenters. The maximum absolute atomic E-state index is 5.60. The van der Waals surface area contributed by atoms with Gasteiger partial charge in [-0.05, 0) is 52.7 Å². The molecule has 3 nitrogen and oxygen atoms in total. The van der Waals surface area contributed by atoms with Crippen molar-refractivity contribution in [1.82, 2.24) is 10.2 Å². The number of rotatable bonds is 2. The van der Waals surface area contributed by atoms with Gasteiger partial charge in [0.05, 0.1) is 0 Å². The second-order valence-electron chi connectivity index (χ2n) is 3.19. The predicted octanol–water partition coefficient (Wildman–Crippen LogP) is 3.71. The molecule has 0 N–H and O–H groups in total. The summed E-state index contributed by atoms with van der Waals surface area (Å²) in [4.78, 5) is 0. The van der Waals surface area contributed by atoms with Gasteiger partial charge in [0, 0.05) is 0 Å². The minimum atomic E-state index is 0.550. The highest BCUT2D eigenvalue weighted by Crippen LogP contribution is 2.29. The summed E-state index contributed by atoms with van der Waals surface area (Å²) in [5.74, 6) is 0.823. The fourth-order valence-corrected chi connectivity index (χ4v) is 2.18. The molecule has 0 radical (unpaired) electrons. The lowest BCUT2D eigenvalue weighted by Crippen LogP contribution is -1.87. The van der Waals surface area contributed by atoms with Gasteiger partial charge in [0.1, 0.15) is 5.75 Å². The molecular weight excluding hydrogens is 276 g/mol. The third-order valence-electron chi connectivity index (χ3n) is 1.91. The van der Waals surface area contributed by atoms with Crippen LogP contribution in [-0.2, 0) is 0 Å². The molecule has 0 saturated heterocycles. The van der Waals surface area contributed by atoms with Crippen LogP contribution in [0.1, 0.15) is 11.1 Å². The zero-order valence-electron chi connectivity index (χ0n) is 8.32. The fourth-order valence-electron chi connectivity index (χ4n) is 1.24. The summed E-state index contributed by atoms with van der Waals surface area (Å²) >= 11 is 4.61. The van der Waals surface area contributed by atoms with Crippen molar-refractivity contribution in [2.45, 2.75) is 13.8 Å². The lowest BCUT2D eigenvalue weighted by atomic mass is 10.1. The molecule has 2 rings (SSSR count). The van der Waals surface area contributed by atoms with Gasteiger partial charge in [0.25, 0.3) is 5.19 Å². The summed E-state index contributed by atoms with van der Waals surface area (Å²) in [6, 6.07) is 6.03. The average Bonchev–Trinajstić information content (AvgIpc) is 2.56. The molecule has 1 aromatic carbocycles. The van der Waals surface area contributed by atoms with Crippen molar-refractivity contribution in [2.75, 3.05) is 0 Å². The molecule has 0 saturated carbocycles. The lowest BCUT2D eigenvalue weighted by Gasteiger charge is -2.05. The fraction of sp³-hybridized carbons (Fsp3) is 0.200. The van der Waals surface area contributed by atoms with Crippen molar-refractivity contribution >= 4 is 27.3 Å². The molecule has 0 aliphatic carbocycles. The molecule has 0 aliphatic heterocycles. The molecule has 1 heterocycles. The second kappa shape index (κ2) is 4.28. The molecule has 0 fully saturated rings. The SMILES string of the molecule is Cc1ccc(Oc2nnc(Br)s2)c(C)c1. The van der Waals surface area contributed by atoms with Gasteiger partial charge < -0.3 is 4.74 Å². The molecule has 0 amide bonds. The molecule has 0 bridgehead atoms. The third-order valence-corrected chi connectivity index (χ3v) is 3.14. The first-order valence-electron chi connectivity index (χ1n) is 4.39. The van der Waals surface area contributed by atoms with E-state index in [2.05, 4.69) is 39.1 Å². The monoisotopic (exact) mass is 284 g/mol. The summed E-state index contributed by atoms with van der Waals surface area (Å²) < 4.78 is 6.32. The van der Waals surface area contributed by atoms with Crippen LogP contribution in [0.2, 0.25) is 0 Å². The smallest absolute Gasteiger partial charge is 0.300 e. The first-order valence-corrected chi connectivity index (χ1v) is 6.00. The van der Waals surface area contributed by atoms with Crippen LogP contribution in [0.15, 0.2) is 22.1 Å². The average molecular weight is 285 g/mol. The van der Waals surface area contributed by atoms with E-state index in [1.165, 1.54) is 16.9 Å². The molecule has 78 valence electrons. The minimum absolute atomic E-state index is 0.550. The van der Waals surface area contributed by atoms with Crippen molar-refractivity contribution in [3.8, 4) is 10.9 Å². The van der Waals surface area contributed by atoms with E-state index in [-0.39, 0.29) is 0 Å². The van der Waals surface area contributed by atoms with E-state index in [0.717, 1.165) is 15.2 Å². The summed E-state index contributed by atoms with van der Waals surface area (Å²) in [5.41, 5.74) is 2.32. The van der Waals surface area contributed by atoms with E-state index >= 15 is 0 Å². The van der Waals surface area contributed by atoms with Crippen LogP contribution >= 0.6 is 27.3 Å². The van der Waals surface area contributed by atoms with Crippen LogP contribution in [0, 0.1) is 13.8 Å². The molecular formula is C10H9BrN2OS. The number of ether oxygens (including phenoxy) is 1. The Labute approximate surface area is 100 Å². The van der Waals surface area contributed by atoms with E-state index < -0.39 is 0 Å². The molecule has 15 heavy (non-hydrogen) atoms. The molecule has 1 aromatic heterocycles. The van der Waals surface area contributed by atoms with Crippen molar-refractivity contribution in [2.24, 2.45) is 0 Å². The summed E-state index contributed by atoms with van der Waals surface area (Å²) in [6.07, 6.45) is 0. The van der Waals surface area contributed by atoms with Crippen LogP contribution in [0.25, 0.3) is 0 Å². The molecule has 2 aromatic rings. The molecule has 0 aliphatic rings.